The first-order chi connectivity index (χ1) is 16.6. The van der Waals surface area contributed by atoms with Crippen molar-refractivity contribution >= 4 is 45.8 Å². The average Bonchev–Trinajstić information content (AvgIpc) is 3.18. The molecular formula is C25H26N6O2S. The second-order valence-electron chi connectivity index (χ2n) is 8.62. The van der Waals surface area contributed by atoms with Gasteiger partial charge < -0.3 is 10.2 Å². The number of aromatic nitrogens is 3. The van der Waals surface area contributed by atoms with E-state index in [0.29, 0.717) is 28.6 Å². The predicted molar refractivity (Wildman–Crippen MR) is 134 cm³/mol. The van der Waals surface area contributed by atoms with Crippen molar-refractivity contribution in [3.05, 3.63) is 65.0 Å². The fourth-order valence-corrected chi connectivity index (χ4v) is 5.23. The number of para-hydroxylation sites is 1. The molecule has 34 heavy (non-hydrogen) atoms. The molecule has 2 N–H and O–H groups in total. The van der Waals surface area contributed by atoms with E-state index in [9.17, 15) is 9.59 Å². The van der Waals surface area contributed by atoms with Crippen LogP contribution in [0.15, 0.2) is 53.7 Å². The van der Waals surface area contributed by atoms with E-state index < -0.39 is 0 Å². The third kappa shape index (κ3) is 4.95. The van der Waals surface area contributed by atoms with Gasteiger partial charge in [0.25, 0.3) is 11.1 Å². The van der Waals surface area contributed by atoms with Gasteiger partial charge in [-0.3, -0.25) is 19.9 Å². The normalized spacial score (nSPS) is 21.7. The first-order valence-electron chi connectivity index (χ1n) is 11.4. The standard InChI is InChI=1S/C25H26N6O2S/c1-31(24-27-13-11-19(29-24)14-21-23(32)30-25(33)34-21)20-9-7-18(8-10-20)28-15-17-5-2-4-16-6-3-12-26-22(16)17/h2-6,11-14,18,20,28H,7-10,15H2,1H3,(H,30,32,33). The van der Waals surface area contributed by atoms with Crippen LogP contribution in [0.1, 0.15) is 36.9 Å². The van der Waals surface area contributed by atoms with Crippen LogP contribution in [-0.4, -0.2) is 45.2 Å². The third-order valence-corrected chi connectivity index (χ3v) is 7.25. The summed E-state index contributed by atoms with van der Waals surface area (Å²) in [4.78, 5) is 39.3. The number of carbonyl (C=O) groups is 2. The molecule has 2 fully saturated rings. The molecule has 2 aliphatic rings. The molecule has 2 amide bonds. The topological polar surface area (TPSA) is 100 Å². The van der Waals surface area contributed by atoms with Crippen molar-refractivity contribution in [1.29, 1.82) is 0 Å². The molecule has 1 aliphatic carbocycles. The molecule has 5 rings (SSSR count). The molecule has 1 aliphatic heterocycles. The third-order valence-electron chi connectivity index (χ3n) is 6.44. The lowest BCUT2D eigenvalue weighted by molar-refractivity contribution is -0.115. The lowest BCUT2D eigenvalue weighted by atomic mass is 9.90. The molecule has 1 saturated heterocycles. The van der Waals surface area contributed by atoms with Gasteiger partial charge in [-0.25, -0.2) is 9.97 Å². The monoisotopic (exact) mass is 474 g/mol. The summed E-state index contributed by atoms with van der Waals surface area (Å²) < 4.78 is 0. The van der Waals surface area contributed by atoms with Gasteiger partial charge >= 0.3 is 0 Å². The fourth-order valence-electron chi connectivity index (χ4n) is 4.56. The largest absolute Gasteiger partial charge is 0.341 e. The summed E-state index contributed by atoms with van der Waals surface area (Å²) in [5.41, 5.74) is 2.91. The van der Waals surface area contributed by atoms with Gasteiger partial charge in [-0.2, -0.15) is 0 Å². The SMILES string of the molecule is CN(c1nccc(C=C2SC(=O)NC2=O)n1)C1CCC(NCc2cccc3cccnc23)CC1. The Morgan fingerprint density at radius 1 is 1.09 bits per heavy atom. The van der Waals surface area contributed by atoms with Crippen LogP contribution in [0, 0.1) is 0 Å². The van der Waals surface area contributed by atoms with Gasteiger partial charge in [0.15, 0.2) is 0 Å². The van der Waals surface area contributed by atoms with Gasteiger partial charge in [0.05, 0.1) is 16.1 Å². The van der Waals surface area contributed by atoms with Crippen molar-refractivity contribution in [2.75, 3.05) is 11.9 Å². The van der Waals surface area contributed by atoms with E-state index in [-0.39, 0.29) is 11.1 Å². The van der Waals surface area contributed by atoms with Crippen LogP contribution >= 0.6 is 11.8 Å². The number of hydrogen-bond acceptors (Lipinski definition) is 8. The summed E-state index contributed by atoms with van der Waals surface area (Å²) in [5, 5.41) is 6.80. The lowest BCUT2D eigenvalue weighted by Crippen LogP contribution is -2.41. The second kappa shape index (κ2) is 9.90. The Bertz CT molecular complexity index is 1250. The highest BCUT2D eigenvalue weighted by Gasteiger charge is 2.27. The summed E-state index contributed by atoms with van der Waals surface area (Å²) in [7, 11) is 2.02. The first kappa shape index (κ1) is 22.5. The molecule has 0 atom stereocenters. The molecule has 174 valence electrons. The summed E-state index contributed by atoms with van der Waals surface area (Å²) in [6, 6.07) is 13.0. The molecule has 0 bridgehead atoms. The summed E-state index contributed by atoms with van der Waals surface area (Å²) >= 11 is 0.891. The van der Waals surface area contributed by atoms with E-state index in [1.807, 2.05) is 19.3 Å². The van der Waals surface area contributed by atoms with Crippen LogP contribution in [-0.2, 0) is 11.3 Å². The van der Waals surface area contributed by atoms with Crippen molar-refractivity contribution in [1.82, 2.24) is 25.6 Å². The van der Waals surface area contributed by atoms with Crippen LogP contribution in [0.2, 0.25) is 0 Å². The number of nitrogens with one attached hydrogen (secondary N) is 2. The molecule has 0 radical (unpaired) electrons. The maximum Gasteiger partial charge on any atom is 0.290 e. The van der Waals surface area contributed by atoms with Gasteiger partial charge in [0.2, 0.25) is 5.95 Å². The Morgan fingerprint density at radius 3 is 2.71 bits per heavy atom. The molecule has 3 heterocycles. The molecular weight excluding hydrogens is 448 g/mol. The number of amides is 2. The Kier molecular flexibility index (Phi) is 6.55. The van der Waals surface area contributed by atoms with Crippen LogP contribution in [0.5, 0.6) is 0 Å². The van der Waals surface area contributed by atoms with Gasteiger partial charge in [0.1, 0.15) is 0 Å². The molecule has 9 heteroatoms. The van der Waals surface area contributed by atoms with Gasteiger partial charge in [-0.15, -0.1) is 0 Å². The van der Waals surface area contributed by atoms with Gasteiger partial charge in [-0.05, 0) is 61.2 Å². The van der Waals surface area contributed by atoms with E-state index in [0.717, 1.165) is 49.5 Å². The summed E-state index contributed by atoms with van der Waals surface area (Å²) in [6.07, 6.45) is 9.42. The van der Waals surface area contributed by atoms with E-state index in [1.165, 1.54) is 10.9 Å². The minimum Gasteiger partial charge on any atom is -0.341 e. The molecule has 1 aromatic carbocycles. The first-order valence-corrected chi connectivity index (χ1v) is 12.3. The smallest absolute Gasteiger partial charge is 0.290 e. The molecule has 0 spiro atoms. The van der Waals surface area contributed by atoms with Crippen LogP contribution < -0.4 is 15.5 Å². The number of benzene rings is 1. The zero-order valence-electron chi connectivity index (χ0n) is 18.9. The molecule has 1 saturated carbocycles. The number of rotatable bonds is 6. The predicted octanol–water partition coefficient (Wildman–Crippen LogP) is 3.89. The molecule has 3 aromatic rings. The minimum absolute atomic E-state index is 0.352. The summed E-state index contributed by atoms with van der Waals surface area (Å²) in [6.45, 7) is 0.813. The highest BCUT2D eigenvalue weighted by molar-refractivity contribution is 8.18. The number of imide groups is 1. The van der Waals surface area contributed by atoms with Crippen LogP contribution in [0.3, 0.4) is 0 Å². The van der Waals surface area contributed by atoms with Crippen molar-refractivity contribution in [2.45, 2.75) is 44.3 Å². The van der Waals surface area contributed by atoms with Crippen molar-refractivity contribution < 1.29 is 9.59 Å². The fraction of sp³-hybridized carbons (Fsp3) is 0.320. The molecule has 2 aromatic heterocycles. The Morgan fingerprint density at radius 2 is 1.91 bits per heavy atom. The summed E-state index contributed by atoms with van der Waals surface area (Å²) in [5.74, 6) is 0.246. The van der Waals surface area contributed by atoms with E-state index >= 15 is 0 Å². The van der Waals surface area contributed by atoms with Crippen molar-refractivity contribution in [2.24, 2.45) is 0 Å². The number of hydrogen-bond donors (Lipinski definition) is 2. The lowest BCUT2D eigenvalue weighted by Gasteiger charge is -2.35. The van der Waals surface area contributed by atoms with E-state index in [1.54, 1.807) is 18.3 Å². The molecule has 0 unspecified atom stereocenters. The number of thioether (sulfide) groups is 1. The van der Waals surface area contributed by atoms with Gasteiger partial charge in [-0.1, -0.05) is 24.3 Å². The van der Waals surface area contributed by atoms with Crippen LogP contribution in [0.25, 0.3) is 17.0 Å². The van der Waals surface area contributed by atoms with Crippen LogP contribution in [0.4, 0.5) is 10.7 Å². The average molecular weight is 475 g/mol. The van der Waals surface area contributed by atoms with Crippen molar-refractivity contribution in [3.8, 4) is 0 Å². The number of fused-ring (bicyclic) bond motifs is 1. The highest BCUT2D eigenvalue weighted by atomic mass is 32.2. The zero-order valence-corrected chi connectivity index (χ0v) is 19.7. The minimum atomic E-state index is -0.381. The Balaban J connectivity index is 1.18. The number of carbonyl (C=O) groups excluding carboxylic acids is 2. The number of pyridine rings is 1. The number of nitrogens with zero attached hydrogens (tertiary/aromatic N) is 4. The van der Waals surface area contributed by atoms with Gasteiger partial charge in [0, 0.05) is 43.5 Å². The maximum atomic E-state index is 11.8. The Labute approximate surface area is 202 Å². The Hall–Kier alpha value is -3.30. The van der Waals surface area contributed by atoms with E-state index in [2.05, 4.69) is 54.8 Å². The van der Waals surface area contributed by atoms with E-state index in [4.69, 9.17) is 0 Å². The second-order valence-corrected chi connectivity index (χ2v) is 9.64. The number of anilines is 1. The van der Waals surface area contributed by atoms with Crippen molar-refractivity contribution in [3.63, 3.8) is 0 Å². The maximum absolute atomic E-state index is 11.8. The zero-order chi connectivity index (χ0) is 23.5. The quantitative estimate of drug-likeness (QED) is 0.519. The molecule has 8 nitrogen and oxygen atoms in total. The highest BCUT2D eigenvalue weighted by Crippen LogP contribution is 2.27.